The van der Waals surface area contributed by atoms with Crippen molar-refractivity contribution in [1.82, 2.24) is 5.32 Å². The number of nitrogen functional groups attached to an aromatic ring is 1. The molecular formula is C14H20N4OS. The molecule has 0 spiro atoms. The Kier molecular flexibility index (Phi) is 4.50. The van der Waals surface area contributed by atoms with Gasteiger partial charge in [-0.15, -0.1) is 11.3 Å². The summed E-state index contributed by atoms with van der Waals surface area (Å²) in [4.78, 5) is 14.5. The second-order valence-corrected chi connectivity index (χ2v) is 6.24. The van der Waals surface area contributed by atoms with Crippen molar-refractivity contribution in [2.24, 2.45) is 5.92 Å². The topological polar surface area (TPSA) is 82.2 Å². The van der Waals surface area contributed by atoms with E-state index in [2.05, 4.69) is 23.2 Å². The van der Waals surface area contributed by atoms with Gasteiger partial charge in [-0.1, -0.05) is 6.92 Å². The molecule has 2 rings (SSSR count). The largest absolute Gasteiger partial charge is 0.396 e. The van der Waals surface area contributed by atoms with Gasteiger partial charge in [0.25, 0.3) is 5.91 Å². The second-order valence-electron chi connectivity index (χ2n) is 5.24. The van der Waals surface area contributed by atoms with Gasteiger partial charge in [0.1, 0.15) is 21.5 Å². The van der Waals surface area contributed by atoms with E-state index in [9.17, 15) is 10.1 Å². The van der Waals surface area contributed by atoms with Crippen LogP contribution < -0.4 is 16.0 Å². The molecule has 0 aliphatic carbocycles. The molecule has 1 aliphatic rings. The van der Waals surface area contributed by atoms with E-state index >= 15 is 0 Å². The molecule has 20 heavy (non-hydrogen) atoms. The van der Waals surface area contributed by atoms with E-state index in [0.717, 1.165) is 30.9 Å². The van der Waals surface area contributed by atoms with Crippen molar-refractivity contribution in [3.63, 3.8) is 0 Å². The average molecular weight is 292 g/mol. The van der Waals surface area contributed by atoms with Gasteiger partial charge >= 0.3 is 0 Å². The molecule has 3 N–H and O–H groups in total. The van der Waals surface area contributed by atoms with Crippen LogP contribution in [0.25, 0.3) is 0 Å². The predicted octanol–water partition coefficient (Wildman–Crippen LogP) is 2.19. The molecule has 1 aromatic rings. The lowest BCUT2D eigenvalue weighted by Gasteiger charge is -2.21. The smallest absolute Gasteiger partial charge is 0.263 e. The fourth-order valence-electron chi connectivity index (χ4n) is 2.51. The highest BCUT2D eigenvalue weighted by Crippen LogP contribution is 2.38. The highest BCUT2D eigenvalue weighted by Gasteiger charge is 2.25. The summed E-state index contributed by atoms with van der Waals surface area (Å²) in [5, 5.41) is 12.8. The van der Waals surface area contributed by atoms with Gasteiger partial charge in [-0.2, -0.15) is 5.26 Å². The Morgan fingerprint density at radius 2 is 2.25 bits per heavy atom. The maximum absolute atomic E-state index is 11.8. The van der Waals surface area contributed by atoms with Crippen molar-refractivity contribution in [3.05, 3.63) is 10.4 Å². The summed E-state index contributed by atoms with van der Waals surface area (Å²) in [7, 11) is 1.57. The first-order valence-electron chi connectivity index (χ1n) is 6.87. The molecule has 2 heterocycles. The fourth-order valence-corrected chi connectivity index (χ4v) is 3.68. The number of hydrogen-bond acceptors (Lipinski definition) is 5. The van der Waals surface area contributed by atoms with E-state index < -0.39 is 0 Å². The van der Waals surface area contributed by atoms with Crippen LogP contribution >= 0.6 is 11.3 Å². The number of anilines is 2. The van der Waals surface area contributed by atoms with Crippen LogP contribution in [0, 0.1) is 17.2 Å². The molecule has 1 fully saturated rings. The molecule has 0 aromatic carbocycles. The van der Waals surface area contributed by atoms with Gasteiger partial charge in [0.05, 0.1) is 5.69 Å². The molecule has 0 saturated carbocycles. The Bertz CT molecular complexity index is 546. The number of amides is 1. The Balaban J connectivity index is 2.36. The Labute approximate surface area is 123 Å². The molecule has 1 aromatic heterocycles. The molecular weight excluding hydrogens is 272 g/mol. The lowest BCUT2D eigenvalue weighted by Crippen LogP contribution is -2.23. The minimum absolute atomic E-state index is 0.224. The molecule has 0 radical (unpaired) electrons. The molecule has 1 atom stereocenters. The van der Waals surface area contributed by atoms with E-state index in [1.807, 2.05) is 0 Å². The van der Waals surface area contributed by atoms with Crippen molar-refractivity contribution in [3.8, 4) is 6.07 Å². The number of carbonyl (C=O) groups is 1. The zero-order valence-corrected chi connectivity index (χ0v) is 12.7. The number of nitrogens with two attached hydrogens (primary N) is 1. The number of nitrogens with one attached hydrogen (secondary N) is 1. The standard InChI is InChI=1S/C14H20N4OS/c1-9-4-3-6-18(7-5-9)14-10(8-15)11(16)12(20-14)13(19)17-2/h9H,3-7,16H2,1-2H3,(H,17,19). The van der Waals surface area contributed by atoms with Gasteiger partial charge in [0.15, 0.2) is 0 Å². The van der Waals surface area contributed by atoms with Crippen molar-refractivity contribution in [2.75, 3.05) is 30.8 Å². The highest BCUT2D eigenvalue weighted by molar-refractivity contribution is 7.19. The second kappa shape index (κ2) is 6.14. The van der Waals surface area contributed by atoms with Crippen LogP contribution in [0.4, 0.5) is 10.7 Å². The Morgan fingerprint density at radius 1 is 1.50 bits per heavy atom. The monoisotopic (exact) mass is 292 g/mol. The molecule has 1 saturated heterocycles. The zero-order valence-electron chi connectivity index (χ0n) is 11.9. The summed E-state index contributed by atoms with van der Waals surface area (Å²) in [5.41, 5.74) is 6.72. The summed E-state index contributed by atoms with van der Waals surface area (Å²) in [6, 6.07) is 2.16. The first-order chi connectivity index (χ1) is 9.58. The number of nitrogens with zero attached hydrogens (tertiary/aromatic N) is 2. The molecule has 6 heteroatoms. The quantitative estimate of drug-likeness (QED) is 0.875. The molecule has 1 amide bonds. The molecule has 108 valence electrons. The van der Waals surface area contributed by atoms with E-state index in [1.54, 1.807) is 7.05 Å². The SMILES string of the molecule is CNC(=O)c1sc(N2CCCC(C)CC2)c(C#N)c1N. The number of thiophene rings is 1. The van der Waals surface area contributed by atoms with E-state index in [0.29, 0.717) is 22.0 Å². The van der Waals surface area contributed by atoms with Gasteiger partial charge in [-0.25, -0.2) is 0 Å². The summed E-state index contributed by atoms with van der Waals surface area (Å²) < 4.78 is 0. The van der Waals surface area contributed by atoms with Crippen LogP contribution in [0.5, 0.6) is 0 Å². The maximum atomic E-state index is 11.8. The van der Waals surface area contributed by atoms with Gasteiger partial charge < -0.3 is 16.0 Å². The Hall–Kier alpha value is -1.74. The van der Waals surface area contributed by atoms with E-state index in [-0.39, 0.29) is 5.91 Å². The summed E-state index contributed by atoms with van der Waals surface area (Å²) in [5.74, 6) is 0.486. The summed E-state index contributed by atoms with van der Waals surface area (Å²) in [6.45, 7) is 4.10. The minimum atomic E-state index is -0.224. The number of hydrogen-bond donors (Lipinski definition) is 2. The lowest BCUT2D eigenvalue weighted by molar-refractivity contribution is 0.0968. The normalized spacial score (nSPS) is 19.2. The summed E-state index contributed by atoms with van der Waals surface area (Å²) in [6.07, 6.45) is 3.43. The van der Waals surface area contributed by atoms with Crippen molar-refractivity contribution >= 4 is 27.9 Å². The summed E-state index contributed by atoms with van der Waals surface area (Å²) >= 11 is 1.33. The highest BCUT2D eigenvalue weighted by atomic mass is 32.1. The van der Waals surface area contributed by atoms with Gasteiger partial charge in [0.2, 0.25) is 0 Å². The third-order valence-corrected chi connectivity index (χ3v) is 5.04. The van der Waals surface area contributed by atoms with Crippen LogP contribution in [0.3, 0.4) is 0 Å². The van der Waals surface area contributed by atoms with Gasteiger partial charge in [-0.05, 0) is 25.2 Å². The average Bonchev–Trinajstić information content (AvgIpc) is 2.62. The number of nitriles is 1. The third-order valence-electron chi connectivity index (χ3n) is 3.78. The van der Waals surface area contributed by atoms with E-state index in [4.69, 9.17) is 5.73 Å². The predicted molar refractivity (Wildman–Crippen MR) is 82.1 cm³/mol. The minimum Gasteiger partial charge on any atom is -0.396 e. The molecule has 0 bridgehead atoms. The van der Waals surface area contributed by atoms with Crippen molar-refractivity contribution < 1.29 is 4.79 Å². The van der Waals surface area contributed by atoms with Crippen molar-refractivity contribution in [2.45, 2.75) is 26.2 Å². The first-order valence-corrected chi connectivity index (χ1v) is 7.69. The molecule has 5 nitrogen and oxygen atoms in total. The molecule has 1 aliphatic heterocycles. The van der Waals surface area contributed by atoms with Gasteiger partial charge in [-0.3, -0.25) is 4.79 Å². The third kappa shape index (κ3) is 2.73. The fraction of sp³-hybridized carbons (Fsp3) is 0.571. The van der Waals surface area contributed by atoms with Crippen LogP contribution in [0.1, 0.15) is 41.4 Å². The zero-order chi connectivity index (χ0) is 14.7. The first kappa shape index (κ1) is 14.7. The number of rotatable bonds is 2. The molecule has 1 unspecified atom stereocenters. The lowest BCUT2D eigenvalue weighted by atomic mass is 10.0. The van der Waals surface area contributed by atoms with Crippen LogP contribution in [0.2, 0.25) is 0 Å². The van der Waals surface area contributed by atoms with E-state index in [1.165, 1.54) is 17.8 Å². The Morgan fingerprint density at radius 3 is 2.90 bits per heavy atom. The van der Waals surface area contributed by atoms with Crippen LogP contribution in [0.15, 0.2) is 0 Å². The maximum Gasteiger partial charge on any atom is 0.263 e. The number of carbonyl (C=O) groups excluding carboxylic acids is 1. The van der Waals surface area contributed by atoms with Gasteiger partial charge in [0, 0.05) is 20.1 Å². The van der Waals surface area contributed by atoms with Crippen LogP contribution in [-0.2, 0) is 0 Å². The van der Waals surface area contributed by atoms with Crippen LogP contribution in [-0.4, -0.2) is 26.0 Å². The van der Waals surface area contributed by atoms with Crippen molar-refractivity contribution in [1.29, 1.82) is 5.26 Å².